The number of aromatic nitrogens is 2. The van der Waals surface area contributed by atoms with Crippen molar-refractivity contribution in [1.29, 1.82) is 0 Å². The zero-order valence-electron chi connectivity index (χ0n) is 10.8. The molecule has 0 spiro atoms. The van der Waals surface area contributed by atoms with Gasteiger partial charge in [0, 0.05) is 33.4 Å². The van der Waals surface area contributed by atoms with Crippen molar-refractivity contribution in [2.24, 2.45) is 0 Å². The minimum atomic E-state index is -0.187. The molecule has 3 aromatic rings. The van der Waals surface area contributed by atoms with Gasteiger partial charge in [-0.25, -0.2) is 4.98 Å². The molecule has 0 unspecified atom stereocenters. The lowest BCUT2D eigenvalue weighted by Gasteiger charge is -2.00. The van der Waals surface area contributed by atoms with E-state index in [-0.39, 0.29) is 5.91 Å². The predicted octanol–water partition coefficient (Wildman–Crippen LogP) is 4.22. The SMILES string of the molecule is O=C(Nc1nc(-c2cccc(Br)c2)cs1)c1ccncc1. The van der Waals surface area contributed by atoms with Crippen LogP contribution in [0, 0.1) is 0 Å². The summed E-state index contributed by atoms with van der Waals surface area (Å²) in [6.07, 6.45) is 3.17. The van der Waals surface area contributed by atoms with Gasteiger partial charge in [0.25, 0.3) is 5.91 Å². The monoisotopic (exact) mass is 359 g/mol. The Kier molecular flexibility index (Phi) is 4.08. The molecule has 0 aliphatic carbocycles. The molecule has 21 heavy (non-hydrogen) atoms. The minimum Gasteiger partial charge on any atom is -0.298 e. The number of benzene rings is 1. The van der Waals surface area contributed by atoms with Crippen LogP contribution in [0.2, 0.25) is 0 Å². The van der Waals surface area contributed by atoms with E-state index in [1.54, 1.807) is 24.5 Å². The lowest BCUT2D eigenvalue weighted by Crippen LogP contribution is -2.11. The number of amides is 1. The van der Waals surface area contributed by atoms with E-state index in [2.05, 4.69) is 31.2 Å². The van der Waals surface area contributed by atoms with Crippen LogP contribution in [0.3, 0.4) is 0 Å². The summed E-state index contributed by atoms with van der Waals surface area (Å²) in [5, 5.41) is 5.29. The van der Waals surface area contributed by atoms with Gasteiger partial charge in [0.05, 0.1) is 5.69 Å². The summed E-state index contributed by atoms with van der Waals surface area (Å²) in [7, 11) is 0. The molecule has 0 bridgehead atoms. The van der Waals surface area contributed by atoms with Crippen LogP contribution in [-0.2, 0) is 0 Å². The predicted molar refractivity (Wildman–Crippen MR) is 87.4 cm³/mol. The number of anilines is 1. The highest BCUT2D eigenvalue weighted by Gasteiger charge is 2.09. The number of rotatable bonds is 3. The summed E-state index contributed by atoms with van der Waals surface area (Å²) >= 11 is 4.84. The number of hydrogen-bond acceptors (Lipinski definition) is 4. The molecular weight excluding hydrogens is 350 g/mol. The summed E-state index contributed by atoms with van der Waals surface area (Å²) in [6, 6.07) is 11.2. The highest BCUT2D eigenvalue weighted by atomic mass is 79.9. The summed E-state index contributed by atoms with van der Waals surface area (Å²) in [4.78, 5) is 20.4. The zero-order chi connectivity index (χ0) is 14.7. The van der Waals surface area contributed by atoms with Gasteiger partial charge >= 0.3 is 0 Å². The largest absolute Gasteiger partial charge is 0.298 e. The van der Waals surface area contributed by atoms with Crippen LogP contribution >= 0.6 is 27.3 Å². The van der Waals surface area contributed by atoms with Crippen molar-refractivity contribution in [2.75, 3.05) is 5.32 Å². The zero-order valence-corrected chi connectivity index (χ0v) is 13.2. The molecular formula is C15H10BrN3OS. The molecule has 0 saturated carbocycles. The molecule has 1 aromatic carbocycles. The standard InChI is InChI=1S/C15H10BrN3OS/c16-12-3-1-2-11(8-12)13-9-21-15(18-13)19-14(20)10-4-6-17-7-5-10/h1-9H,(H,18,19,20). The first-order valence-corrected chi connectivity index (χ1v) is 7.82. The molecule has 0 fully saturated rings. The van der Waals surface area contributed by atoms with Crippen LogP contribution < -0.4 is 5.32 Å². The lowest BCUT2D eigenvalue weighted by molar-refractivity contribution is 0.102. The third kappa shape index (κ3) is 3.34. The molecule has 104 valence electrons. The average Bonchev–Trinajstić information content (AvgIpc) is 2.97. The topological polar surface area (TPSA) is 54.9 Å². The molecule has 0 saturated heterocycles. The molecule has 3 rings (SSSR count). The average molecular weight is 360 g/mol. The van der Waals surface area contributed by atoms with E-state index in [1.807, 2.05) is 29.6 Å². The van der Waals surface area contributed by atoms with E-state index < -0.39 is 0 Å². The first kappa shape index (κ1) is 13.9. The fraction of sp³-hybridized carbons (Fsp3) is 0. The second-order valence-corrected chi connectivity index (χ2v) is 6.01. The molecule has 1 amide bonds. The number of nitrogens with zero attached hydrogens (tertiary/aromatic N) is 2. The maximum absolute atomic E-state index is 12.0. The summed E-state index contributed by atoms with van der Waals surface area (Å²) < 4.78 is 0.996. The minimum absolute atomic E-state index is 0.187. The van der Waals surface area contributed by atoms with Gasteiger partial charge in [0.2, 0.25) is 0 Å². The van der Waals surface area contributed by atoms with Crippen LogP contribution in [0.1, 0.15) is 10.4 Å². The smallest absolute Gasteiger partial charge is 0.257 e. The van der Waals surface area contributed by atoms with E-state index in [9.17, 15) is 4.79 Å². The number of carbonyl (C=O) groups is 1. The van der Waals surface area contributed by atoms with Crippen molar-refractivity contribution in [3.05, 3.63) is 64.2 Å². The van der Waals surface area contributed by atoms with E-state index in [0.717, 1.165) is 15.7 Å². The Morgan fingerprint density at radius 3 is 2.76 bits per heavy atom. The van der Waals surface area contributed by atoms with E-state index in [1.165, 1.54) is 11.3 Å². The van der Waals surface area contributed by atoms with Gasteiger partial charge in [-0.15, -0.1) is 11.3 Å². The Morgan fingerprint density at radius 2 is 2.00 bits per heavy atom. The first-order chi connectivity index (χ1) is 10.2. The fourth-order valence-corrected chi connectivity index (χ4v) is 2.90. The van der Waals surface area contributed by atoms with Gasteiger partial charge in [-0.1, -0.05) is 28.1 Å². The third-order valence-electron chi connectivity index (χ3n) is 2.79. The Morgan fingerprint density at radius 1 is 1.19 bits per heavy atom. The van der Waals surface area contributed by atoms with Crippen LogP contribution in [0.15, 0.2) is 58.6 Å². The van der Waals surface area contributed by atoms with E-state index in [0.29, 0.717) is 10.7 Å². The summed E-state index contributed by atoms with van der Waals surface area (Å²) in [6.45, 7) is 0. The number of halogens is 1. The van der Waals surface area contributed by atoms with Gasteiger partial charge in [-0.05, 0) is 24.3 Å². The molecule has 2 aromatic heterocycles. The summed E-state index contributed by atoms with van der Waals surface area (Å²) in [5.41, 5.74) is 2.40. The van der Waals surface area contributed by atoms with Crippen molar-refractivity contribution in [3.63, 3.8) is 0 Å². The molecule has 0 aliphatic rings. The van der Waals surface area contributed by atoms with Gasteiger partial charge in [0.1, 0.15) is 0 Å². The Labute approximate surface area is 134 Å². The maximum Gasteiger partial charge on any atom is 0.257 e. The molecule has 1 N–H and O–H groups in total. The van der Waals surface area contributed by atoms with Gasteiger partial charge in [-0.2, -0.15) is 0 Å². The van der Waals surface area contributed by atoms with Gasteiger partial charge in [0.15, 0.2) is 5.13 Å². The lowest BCUT2D eigenvalue weighted by atomic mass is 10.2. The van der Waals surface area contributed by atoms with Crippen molar-refractivity contribution in [1.82, 2.24) is 9.97 Å². The Bertz CT molecular complexity index is 773. The van der Waals surface area contributed by atoms with Crippen LogP contribution in [-0.4, -0.2) is 15.9 Å². The van der Waals surface area contributed by atoms with Crippen LogP contribution in [0.4, 0.5) is 5.13 Å². The summed E-state index contributed by atoms with van der Waals surface area (Å²) in [5.74, 6) is -0.187. The fourth-order valence-electron chi connectivity index (χ4n) is 1.78. The van der Waals surface area contributed by atoms with E-state index >= 15 is 0 Å². The van der Waals surface area contributed by atoms with Gasteiger partial charge in [-0.3, -0.25) is 15.1 Å². The molecule has 6 heteroatoms. The van der Waals surface area contributed by atoms with E-state index in [4.69, 9.17) is 0 Å². The third-order valence-corrected chi connectivity index (χ3v) is 4.04. The molecule has 0 atom stereocenters. The highest BCUT2D eigenvalue weighted by Crippen LogP contribution is 2.27. The van der Waals surface area contributed by atoms with Crippen molar-refractivity contribution in [2.45, 2.75) is 0 Å². The number of pyridine rings is 1. The highest BCUT2D eigenvalue weighted by molar-refractivity contribution is 9.10. The van der Waals surface area contributed by atoms with Crippen LogP contribution in [0.25, 0.3) is 11.3 Å². The first-order valence-electron chi connectivity index (χ1n) is 6.15. The molecule has 0 aliphatic heterocycles. The van der Waals surface area contributed by atoms with Crippen molar-refractivity contribution in [3.8, 4) is 11.3 Å². The number of thiazole rings is 1. The normalized spacial score (nSPS) is 10.3. The van der Waals surface area contributed by atoms with Gasteiger partial charge < -0.3 is 0 Å². The number of carbonyl (C=O) groups excluding carboxylic acids is 1. The Balaban J connectivity index is 1.78. The second kappa shape index (κ2) is 6.15. The molecule has 0 radical (unpaired) electrons. The quantitative estimate of drug-likeness (QED) is 0.761. The number of hydrogen-bond donors (Lipinski definition) is 1. The Hall–Kier alpha value is -2.05. The molecule has 2 heterocycles. The second-order valence-electron chi connectivity index (χ2n) is 4.24. The van der Waals surface area contributed by atoms with Crippen LogP contribution in [0.5, 0.6) is 0 Å². The number of nitrogens with one attached hydrogen (secondary N) is 1. The molecule has 4 nitrogen and oxygen atoms in total. The maximum atomic E-state index is 12.0. The van der Waals surface area contributed by atoms with Crippen molar-refractivity contribution >= 4 is 38.3 Å². The van der Waals surface area contributed by atoms with Crippen molar-refractivity contribution < 1.29 is 4.79 Å².